The number of nitrogens with zero attached hydrogens (tertiary/aromatic N) is 3. The van der Waals surface area contributed by atoms with Crippen LogP contribution in [0, 0.1) is 5.82 Å². The van der Waals surface area contributed by atoms with Gasteiger partial charge in [0.15, 0.2) is 0 Å². The van der Waals surface area contributed by atoms with Gasteiger partial charge >= 0.3 is 0 Å². The van der Waals surface area contributed by atoms with Crippen LogP contribution in [0.1, 0.15) is 18.1 Å². The molecule has 0 saturated carbocycles. The summed E-state index contributed by atoms with van der Waals surface area (Å²) >= 11 is 9.61. The largest absolute Gasteiger partial charge is 0.294 e. The van der Waals surface area contributed by atoms with E-state index in [1.54, 1.807) is 18.5 Å². The molecule has 1 aromatic carbocycles. The molecule has 0 saturated heterocycles. The van der Waals surface area contributed by atoms with Gasteiger partial charge < -0.3 is 0 Å². The Kier molecular flexibility index (Phi) is 3.48. The van der Waals surface area contributed by atoms with Crippen LogP contribution in [0.15, 0.2) is 41.1 Å². The van der Waals surface area contributed by atoms with E-state index in [4.69, 9.17) is 11.6 Å². The van der Waals surface area contributed by atoms with Crippen LogP contribution in [0.5, 0.6) is 0 Å². The van der Waals surface area contributed by atoms with Crippen LogP contribution in [0.25, 0.3) is 16.7 Å². The number of pyridine rings is 1. The third kappa shape index (κ3) is 2.21. The van der Waals surface area contributed by atoms with Gasteiger partial charge in [-0.2, -0.15) is 0 Å². The first-order valence-electron chi connectivity index (χ1n) is 6.00. The van der Waals surface area contributed by atoms with Gasteiger partial charge in [-0.25, -0.2) is 9.37 Å². The van der Waals surface area contributed by atoms with Gasteiger partial charge in [-0.3, -0.25) is 9.55 Å². The highest BCUT2D eigenvalue weighted by atomic mass is 79.9. The van der Waals surface area contributed by atoms with Crippen molar-refractivity contribution >= 4 is 38.6 Å². The fourth-order valence-electron chi connectivity index (χ4n) is 2.13. The van der Waals surface area contributed by atoms with Crippen LogP contribution >= 0.6 is 27.5 Å². The molecular weight excluding hydrogens is 345 g/mol. The molecule has 3 aromatic rings. The number of halogens is 3. The van der Waals surface area contributed by atoms with Gasteiger partial charge in [0.25, 0.3) is 0 Å². The Labute approximate surface area is 128 Å². The lowest BCUT2D eigenvalue weighted by molar-refractivity contribution is 0.626. The Morgan fingerprint density at radius 1 is 1.35 bits per heavy atom. The second kappa shape index (κ2) is 5.14. The molecule has 0 aliphatic carbocycles. The third-order valence-corrected chi connectivity index (χ3v) is 3.82. The molecule has 2 aromatic heterocycles. The van der Waals surface area contributed by atoms with Crippen molar-refractivity contribution in [3.63, 3.8) is 0 Å². The smallest absolute Gasteiger partial charge is 0.132 e. The molecule has 3 nitrogen and oxygen atoms in total. The zero-order valence-corrected chi connectivity index (χ0v) is 12.9. The second-order valence-electron chi connectivity index (χ2n) is 4.38. The van der Waals surface area contributed by atoms with Gasteiger partial charge in [-0.05, 0) is 47.1 Å². The zero-order valence-electron chi connectivity index (χ0n) is 10.5. The number of fused-ring (bicyclic) bond motifs is 1. The summed E-state index contributed by atoms with van der Waals surface area (Å²) in [7, 11) is 0. The van der Waals surface area contributed by atoms with E-state index in [2.05, 4.69) is 25.9 Å². The summed E-state index contributed by atoms with van der Waals surface area (Å²) in [6, 6.07) is 6.39. The Morgan fingerprint density at radius 3 is 2.85 bits per heavy atom. The summed E-state index contributed by atoms with van der Waals surface area (Å²) in [5.41, 5.74) is 2.43. The maximum atomic E-state index is 13.3. The number of hydrogen-bond donors (Lipinski definition) is 0. The van der Waals surface area contributed by atoms with E-state index in [-0.39, 0.29) is 11.2 Å². The van der Waals surface area contributed by atoms with Crippen LogP contribution in [0.3, 0.4) is 0 Å². The van der Waals surface area contributed by atoms with Crippen LogP contribution in [0.4, 0.5) is 4.39 Å². The van der Waals surface area contributed by atoms with Crippen molar-refractivity contribution in [2.75, 3.05) is 0 Å². The number of alkyl halides is 1. The summed E-state index contributed by atoms with van der Waals surface area (Å²) in [5.74, 6) is 0.397. The summed E-state index contributed by atoms with van der Waals surface area (Å²) in [6.07, 6.45) is 3.38. The van der Waals surface area contributed by atoms with E-state index in [0.29, 0.717) is 10.3 Å². The molecule has 0 N–H and O–H groups in total. The van der Waals surface area contributed by atoms with Gasteiger partial charge in [-0.15, -0.1) is 11.6 Å². The molecule has 6 heteroatoms. The van der Waals surface area contributed by atoms with Crippen molar-refractivity contribution < 1.29 is 4.39 Å². The molecule has 0 spiro atoms. The van der Waals surface area contributed by atoms with Crippen molar-refractivity contribution in [2.24, 2.45) is 0 Å². The van der Waals surface area contributed by atoms with Crippen LogP contribution in [-0.2, 0) is 0 Å². The first-order chi connectivity index (χ1) is 9.58. The summed E-state index contributed by atoms with van der Waals surface area (Å²) < 4.78 is 15.8. The van der Waals surface area contributed by atoms with Crippen molar-refractivity contribution in [1.82, 2.24) is 14.5 Å². The number of rotatable bonds is 2. The molecular formula is C14H10BrClFN3. The predicted octanol–water partition coefficient (Wildman–Crippen LogP) is 4.62. The van der Waals surface area contributed by atoms with E-state index in [0.717, 1.165) is 16.7 Å². The zero-order chi connectivity index (χ0) is 14.3. The number of benzene rings is 1. The van der Waals surface area contributed by atoms with Crippen LogP contribution < -0.4 is 0 Å². The molecule has 0 radical (unpaired) electrons. The van der Waals surface area contributed by atoms with Crippen LogP contribution in [0.2, 0.25) is 0 Å². The fraction of sp³-hybridized carbons (Fsp3) is 0.143. The maximum absolute atomic E-state index is 13.3. The number of hydrogen-bond acceptors (Lipinski definition) is 2. The van der Waals surface area contributed by atoms with E-state index < -0.39 is 0 Å². The predicted molar refractivity (Wildman–Crippen MR) is 80.8 cm³/mol. The molecule has 0 aliphatic heterocycles. The second-order valence-corrected chi connectivity index (χ2v) is 5.89. The lowest BCUT2D eigenvalue weighted by atomic mass is 10.3. The van der Waals surface area contributed by atoms with Gasteiger partial charge in [0.1, 0.15) is 17.2 Å². The molecule has 1 unspecified atom stereocenters. The molecule has 2 heterocycles. The van der Waals surface area contributed by atoms with Crippen LogP contribution in [-0.4, -0.2) is 14.5 Å². The number of imidazole rings is 1. The van der Waals surface area contributed by atoms with Crippen molar-refractivity contribution in [1.29, 1.82) is 0 Å². The first-order valence-corrected chi connectivity index (χ1v) is 7.22. The first kappa shape index (κ1) is 13.5. The minimum Gasteiger partial charge on any atom is -0.294 e. The molecule has 20 heavy (non-hydrogen) atoms. The van der Waals surface area contributed by atoms with Crippen molar-refractivity contribution in [2.45, 2.75) is 12.3 Å². The quantitative estimate of drug-likeness (QED) is 0.629. The summed E-state index contributed by atoms with van der Waals surface area (Å²) in [4.78, 5) is 8.57. The van der Waals surface area contributed by atoms with Gasteiger partial charge in [0.05, 0.1) is 22.8 Å². The third-order valence-electron chi connectivity index (χ3n) is 2.99. The SMILES string of the molecule is CC(Cl)c1nc2cnccc2n1-c1ccc(F)cc1Br. The van der Waals surface area contributed by atoms with Crippen molar-refractivity contribution in [3.05, 3.63) is 52.8 Å². The highest BCUT2D eigenvalue weighted by molar-refractivity contribution is 9.10. The molecule has 0 fully saturated rings. The van der Waals surface area contributed by atoms with Crippen molar-refractivity contribution in [3.8, 4) is 5.69 Å². The summed E-state index contributed by atoms with van der Waals surface area (Å²) in [5, 5.41) is -0.278. The van der Waals surface area contributed by atoms with E-state index >= 15 is 0 Å². The number of aromatic nitrogens is 3. The molecule has 1 atom stereocenters. The average Bonchev–Trinajstić information content (AvgIpc) is 2.78. The van der Waals surface area contributed by atoms with E-state index in [1.165, 1.54) is 12.1 Å². The maximum Gasteiger partial charge on any atom is 0.132 e. The van der Waals surface area contributed by atoms with Gasteiger partial charge in [0, 0.05) is 10.7 Å². The molecule has 102 valence electrons. The van der Waals surface area contributed by atoms with E-state index in [1.807, 2.05) is 17.6 Å². The normalized spacial score (nSPS) is 12.8. The Bertz CT molecular complexity index is 785. The molecule has 0 aliphatic rings. The average molecular weight is 355 g/mol. The lowest BCUT2D eigenvalue weighted by Crippen LogP contribution is -2.03. The van der Waals surface area contributed by atoms with E-state index in [9.17, 15) is 4.39 Å². The molecule has 3 rings (SSSR count). The Morgan fingerprint density at radius 2 is 2.15 bits per heavy atom. The molecule has 0 amide bonds. The summed E-state index contributed by atoms with van der Waals surface area (Å²) in [6.45, 7) is 1.85. The standard InChI is InChI=1S/C14H10BrClFN3/c1-8(16)14-19-11-7-18-5-4-13(11)20(14)12-3-2-9(17)6-10(12)15/h2-8H,1H3. The highest BCUT2D eigenvalue weighted by Crippen LogP contribution is 2.31. The van der Waals surface area contributed by atoms with Gasteiger partial charge in [0.2, 0.25) is 0 Å². The highest BCUT2D eigenvalue weighted by Gasteiger charge is 2.18. The minimum absolute atomic E-state index is 0.278. The minimum atomic E-state index is -0.299. The monoisotopic (exact) mass is 353 g/mol. The van der Waals surface area contributed by atoms with Gasteiger partial charge in [-0.1, -0.05) is 0 Å². The Balaban J connectivity index is 2.36. The Hall–Kier alpha value is -1.46. The lowest BCUT2D eigenvalue weighted by Gasteiger charge is -2.12. The fourth-order valence-corrected chi connectivity index (χ4v) is 2.81. The molecule has 0 bridgehead atoms. The topological polar surface area (TPSA) is 30.7 Å².